The first-order chi connectivity index (χ1) is 12.0. The highest BCUT2D eigenvalue weighted by Gasteiger charge is 2.40. The van der Waals surface area contributed by atoms with E-state index in [0.717, 1.165) is 36.1 Å². The molecule has 1 aromatic rings. The molecule has 1 aliphatic heterocycles. The maximum absolute atomic E-state index is 14.0. The van der Waals surface area contributed by atoms with E-state index >= 15 is 0 Å². The molecule has 5 nitrogen and oxygen atoms in total. The molecule has 3 rings (SSSR count). The Balaban J connectivity index is 1.75. The molecule has 1 N–H and O–H groups in total. The smallest absolute Gasteiger partial charge is 0.246 e. The molecule has 25 heavy (non-hydrogen) atoms. The molecule has 2 fully saturated rings. The number of rotatable bonds is 4. The number of benzene rings is 1. The van der Waals surface area contributed by atoms with Crippen LogP contribution in [0.15, 0.2) is 29.2 Å². The Morgan fingerprint density at radius 2 is 1.72 bits per heavy atom. The summed E-state index contributed by atoms with van der Waals surface area (Å²) in [5, 5.41) is 3.03. The molecule has 1 aliphatic carbocycles. The lowest BCUT2D eigenvalue weighted by atomic mass is 10.1. The minimum atomic E-state index is -4.01. The summed E-state index contributed by atoms with van der Waals surface area (Å²) in [6.45, 7) is 0.249. The van der Waals surface area contributed by atoms with E-state index in [0.29, 0.717) is 12.8 Å². The lowest BCUT2D eigenvalue weighted by molar-refractivity contribution is -0.125. The molecule has 7 heteroatoms. The van der Waals surface area contributed by atoms with E-state index < -0.39 is 21.9 Å². The van der Waals surface area contributed by atoms with Crippen molar-refractivity contribution in [2.45, 2.75) is 68.3 Å². The third-order valence-corrected chi connectivity index (χ3v) is 7.07. The van der Waals surface area contributed by atoms with E-state index in [9.17, 15) is 17.6 Å². The van der Waals surface area contributed by atoms with Gasteiger partial charge in [-0.2, -0.15) is 4.31 Å². The van der Waals surface area contributed by atoms with Gasteiger partial charge in [-0.1, -0.05) is 37.8 Å². The van der Waals surface area contributed by atoms with Crippen LogP contribution in [0.1, 0.15) is 51.4 Å². The fourth-order valence-corrected chi connectivity index (χ4v) is 5.51. The van der Waals surface area contributed by atoms with E-state index in [1.54, 1.807) is 0 Å². The highest BCUT2D eigenvalue weighted by Crippen LogP contribution is 2.28. The molecular formula is C18H25FN2O3S. The molecule has 2 aliphatic rings. The molecule has 1 amide bonds. The van der Waals surface area contributed by atoms with Crippen LogP contribution in [-0.2, 0) is 14.8 Å². The van der Waals surface area contributed by atoms with E-state index in [2.05, 4.69) is 5.32 Å². The lowest BCUT2D eigenvalue weighted by Gasteiger charge is -2.26. The van der Waals surface area contributed by atoms with Crippen molar-refractivity contribution >= 4 is 15.9 Å². The van der Waals surface area contributed by atoms with Gasteiger partial charge in [0.2, 0.25) is 15.9 Å². The number of halogens is 1. The summed E-state index contributed by atoms with van der Waals surface area (Å²) < 4.78 is 40.8. The van der Waals surface area contributed by atoms with Gasteiger partial charge >= 0.3 is 0 Å². The summed E-state index contributed by atoms with van der Waals surface area (Å²) in [5.41, 5.74) is 0. The second kappa shape index (κ2) is 7.83. The largest absolute Gasteiger partial charge is 0.352 e. The molecule has 138 valence electrons. The van der Waals surface area contributed by atoms with Crippen LogP contribution in [0.25, 0.3) is 0 Å². The quantitative estimate of drug-likeness (QED) is 0.831. The van der Waals surface area contributed by atoms with Crippen molar-refractivity contribution in [3.05, 3.63) is 30.1 Å². The molecule has 0 unspecified atom stereocenters. The van der Waals surface area contributed by atoms with Gasteiger partial charge < -0.3 is 5.32 Å². The highest BCUT2D eigenvalue weighted by molar-refractivity contribution is 7.89. The molecule has 1 atom stereocenters. The molecular weight excluding hydrogens is 343 g/mol. The maximum atomic E-state index is 14.0. The Hall–Kier alpha value is -1.47. The number of nitrogens with one attached hydrogen (secondary N) is 1. The number of carbonyl (C=O) groups excluding carboxylic acids is 1. The molecule has 0 radical (unpaired) electrons. The Bertz CT molecular complexity index is 715. The van der Waals surface area contributed by atoms with Crippen LogP contribution >= 0.6 is 0 Å². The minimum Gasteiger partial charge on any atom is -0.352 e. The zero-order valence-electron chi connectivity index (χ0n) is 14.3. The van der Waals surface area contributed by atoms with Gasteiger partial charge in [-0.05, 0) is 37.8 Å². The van der Waals surface area contributed by atoms with Crippen LogP contribution in [0.5, 0.6) is 0 Å². The Labute approximate surface area is 148 Å². The molecule has 1 aromatic carbocycles. The standard InChI is InChI=1S/C18H25FN2O3S/c19-15-10-5-6-12-17(15)25(23,24)21-13-7-11-16(21)18(22)20-14-8-3-1-2-4-9-14/h5-6,10,12,14,16H,1-4,7-9,11,13H2,(H,20,22)/t16-/m0/s1. The van der Waals surface area contributed by atoms with Gasteiger partial charge in [-0.3, -0.25) is 4.79 Å². The first kappa shape index (κ1) is 18.3. The fourth-order valence-electron chi connectivity index (χ4n) is 3.79. The molecule has 1 saturated carbocycles. The van der Waals surface area contributed by atoms with E-state index in [4.69, 9.17) is 0 Å². The van der Waals surface area contributed by atoms with Crippen LogP contribution in [-0.4, -0.2) is 37.3 Å². The van der Waals surface area contributed by atoms with Gasteiger partial charge in [0.1, 0.15) is 16.8 Å². The van der Waals surface area contributed by atoms with Crippen molar-refractivity contribution < 1.29 is 17.6 Å². The van der Waals surface area contributed by atoms with Gasteiger partial charge in [-0.25, -0.2) is 12.8 Å². The summed E-state index contributed by atoms with van der Waals surface area (Å²) in [5.74, 6) is -1.03. The van der Waals surface area contributed by atoms with Crippen LogP contribution < -0.4 is 5.32 Å². The van der Waals surface area contributed by atoms with E-state index in [1.165, 1.54) is 31.0 Å². The van der Waals surface area contributed by atoms with Crippen molar-refractivity contribution in [1.29, 1.82) is 0 Å². The first-order valence-corrected chi connectivity index (χ1v) is 10.5. The van der Waals surface area contributed by atoms with Gasteiger partial charge in [0.05, 0.1) is 0 Å². The number of hydrogen-bond donors (Lipinski definition) is 1. The molecule has 0 aromatic heterocycles. The number of nitrogens with zero attached hydrogens (tertiary/aromatic N) is 1. The van der Waals surface area contributed by atoms with E-state index in [1.807, 2.05) is 0 Å². The summed E-state index contributed by atoms with van der Waals surface area (Å²) in [6.07, 6.45) is 7.52. The van der Waals surface area contributed by atoms with Gasteiger partial charge in [0.15, 0.2) is 0 Å². The maximum Gasteiger partial charge on any atom is 0.246 e. The SMILES string of the molecule is O=C(NC1CCCCCC1)[C@@H]1CCCN1S(=O)(=O)c1ccccc1F. The average molecular weight is 368 g/mol. The average Bonchev–Trinajstić information content (AvgIpc) is 2.96. The summed E-state index contributed by atoms with van der Waals surface area (Å²) in [6, 6.07) is 4.70. The Kier molecular flexibility index (Phi) is 5.74. The minimum absolute atomic E-state index is 0.119. The van der Waals surface area contributed by atoms with Crippen LogP contribution in [0.3, 0.4) is 0 Å². The van der Waals surface area contributed by atoms with Crippen LogP contribution in [0.2, 0.25) is 0 Å². The normalized spacial score (nSPS) is 23.3. The van der Waals surface area contributed by atoms with Crippen molar-refractivity contribution in [3.8, 4) is 0 Å². The molecule has 1 saturated heterocycles. The van der Waals surface area contributed by atoms with Crippen LogP contribution in [0, 0.1) is 5.82 Å². The van der Waals surface area contributed by atoms with E-state index in [-0.39, 0.29) is 23.4 Å². The van der Waals surface area contributed by atoms with Crippen LogP contribution in [0.4, 0.5) is 4.39 Å². The van der Waals surface area contributed by atoms with Gasteiger partial charge in [0, 0.05) is 12.6 Å². The van der Waals surface area contributed by atoms with Gasteiger partial charge in [-0.15, -0.1) is 0 Å². The predicted octanol–water partition coefficient (Wildman–Crippen LogP) is 2.82. The number of sulfonamides is 1. The monoisotopic (exact) mass is 368 g/mol. The molecule has 1 heterocycles. The molecule has 0 bridgehead atoms. The lowest BCUT2D eigenvalue weighted by Crippen LogP contribution is -2.48. The van der Waals surface area contributed by atoms with Crippen molar-refractivity contribution in [2.24, 2.45) is 0 Å². The second-order valence-corrected chi connectivity index (χ2v) is 8.76. The second-order valence-electron chi connectivity index (χ2n) is 6.90. The van der Waals surface area contributed by atoms with Gasteiger partial charge in [0.25, 0.3) is 0 Å². The Morgan fingerprint density at radius 1 is 1.04 bits per heavy atom. The molecule has 0 spiro atoms. The zero-order chi connectivity index (χ0) is 17.9. The first-order valence-electron chi connectivity index (χ1n) is 9.07. The zero-order valence-corrected chi connectivity index (χ0v) is 15.1. The van der Waals surface area contributed by atoms with Crippen molar-refractivity contribution in [1.82, 2.24) is 9.62 Å². The third kappa shape index (κ3) is 4.03. The summed E-state index contributed by atoms with van der Waals surface area (Å²) in [7, 11) is -4.01. The fraction of sp³-hybridized carbons (Fsp3) is 0.611. The predicted molar refractivity (Wildman–Crippen MR) is 92.9 cm³/mol. The van der Waals surface area contributed by atoms with Crippen molar-refractivity contribution in [2.75, 3.05) is 6.54 Å². The third-order valence-electron chi connectivity index (χ3n) is 5.13. The number of carbonyl (C=O) groups is 1. The topological polar surface area (TPSA) is 66.5 Å². The Morgan fingerprint density at radius 3 is 2.40 bits per heavy atom. The number of hydrogen-bond acceptors (Lipinski definition) is 3. The number of amides is 1. The van der Waals surface area contributed by atoms with Crippen molar-refractivity contribution in [3.63, 3.8) is 0 Å². The summed E-state index contributed by atoms with van der Waals surface area (Å²) in [4.78, 5) is 12.3. The highest BCUT2D eigenvalue weighted by atomic mass is 32.2. The summed E-state index contributed by atoms with van der Waals surface area (Å²) >= 11 is 0.